The van der Waals surface area contributed by atoms with Crippen LogP contribution in [0.1, 0.15) is 0 Å². The van der Waals surface area contributed by atoms with E-state index in [1.54, 1.807) is 0 Å². The Morgan fingerprint density at radius 1 is 0.880 bits per heavy atom. The van der Waals surface area contributed by atoms with Gasteiger partial charge in [-0.15, -0.1) is 0 Å². The van der Waals surface area contributed by atoms with Crippen LogP contribution in [-0.2, 0) is 0 Å². The van der Waals surface area contributed by atoms with Crippen molar-refractivity contribution in [1.82, 2.24) is 0 Å². The van der Waals surface area contributed by atoms with Crippen molar-refractivity contribution in [3.8, 4) is 0 Å². The third-order valence-electron chi connectivity index (χ3n) is 4.81. The summed E-state index contributed by atoms with van der Waals surface area (Å²) < 4.78 is 0. The highest BCUT2D eigenvalue weighted by Crippen LogP contribution is 2.36. The molecule has 3 rings (SSSR count). The number of benzene rings is 2. The molecule has 0 bridgehead atoms. The maximum Gasteiger partial charge on any atom is 0.122 e. The molecule has 1 nitrogen and oxygen atoms in total. The number of aliphatic hydroxyl groups excluding tert-OH is 1. The van der Waals surface area contributed by atoms with Crippen molar-refractivity contribution in [2.45, 2.75) is 12.6 Å². The third-order valence-corrected chi connectivity index (χ3v) is 7.54. The maximum atomic E-state index is 9.94. The normalized spacial score (nSPS) is 15.0. The van der Waals surface area contributed by atoms with Gasteiger partial charge in [-0.05, 0) is 36.5 Å². The molecule has 0 radical (unpaired) electrons. The summed E-state index contributed by atoms with van der Waals surface area (Å²) in [5.74, 6) is 0.977. The Morgan fingerprint density at radius 2 is 1.44 bits per heavy atom. The van der Waals surface area contributed by atoms with Crippen molar-refractivity contribution < 1.29 is 5.11 Å². The largest absolute Gasteiger partial charge is 0.396 e. The fourth-order valence-electron chi connectivity index (χ4n) is 3.39. The first-order valence-electron chi connectivity index (χ1n) is 9.20. The average Bonchev–Trinajstić information content (AvgIpc) is 3.19. The second kappa shape index (κ2) is 9.75. The summed E-state index contributed by atoms with van der Waals surface area (Å²) in [6, 6.07) is 21.6. The monoisotopic (exact) mass is 348 g/mol. The van der Waals surface area contributed by atoms with E-state index in [1.165, 1.54) is 24.2 Å². The molecule has 2 aromatic rings. The number of hydrogen-bond acceptors (Lipinski definition) is 1. The summed E-state index contributed by atoms with van der Waals surface area (Å²) in [7, 11) is 0.767. The lowest BCUT2D eigenvalue weighted by atomic mass is 9.64. The molecular weight excluding hydrogens is 322 g/mol. The zero-order valence-electron chi connectivity index (χ0n) is 14.7. The Balaban J connectivity index is 1.65. The van der Waals surface area contributed by atoms with E-state index in [1.807, 2.05) is 0 Å². The molecule has 1 aliphatic rings. The first-order chi connectivity index (χ1) is 12.4. The lowest BCUT2D eigenvalue weighted by Crippen LogP contribution is -2.21. The van der Waals surface area contributed by atoms with Crippen molar-refractivity contribution in [3.63, 3.8) is 0 Å². The second-order valence-corrected chi connectivity index (χ2v) is 8.95. The molecule has 0 spiro atoms. The van der Waals surface area contributed by atoms with Gasteiger partial charge in [-0.25, -0.2) is 0 Å². The van der Waals surface area contributed by atoms with Crippen molar-refractivity contribution in [2.75, 3.05) is 12.8 Å². The summed E-state index contributed by atoms with van der Waals surface area (Å²) in [6.07, 6.45) is 12.2. The van der Waals surface area contributed by atoms with E-state index in [-0.39, 0.29) is 6.61 Å². The Hall–Kier alpha value is -1.63. The topological polar surface area (TPSA) is 20.2 Å². The zero-order chi connectivity index (χ0) is 17.3. The lowest BCUT2D eigenvalue weighted by Gasteiger charge is -2.24. The highest BCUT2D eigenvalue weighted by atomic mass is 31.1. The standard InChI is InChI=1S/C22H26BOP/c24-17-20(16-23-15-19-9-7-8-10-19)18-25(21-11-3-1-4-12-21)22-13-5-2-6-14-22/h1-14,19-20,23-24H,15-18H2. The molecule has 2 aromatic carbocycles. The molecule has 0 saturated heterocycles. The van der Waals surface area contributed by atoms with Crippen LogP contribution in [0.4, 0.5) is 0 Å². The Bertz CT molecular complexity index is 632. The summed E-state index contributed by atoms with van der Waals surface area (Å²) in [6.45, 7) is 0.287. The molecular formula is C22H26BOP. The van der Waals surface area contributed by atoms with E-state index < -0.39 is 7.92 Å². The Kier molecular flexibility index (Phi) is 7.09. The van der Waals surface area contributed by atoms with E-state index >= 15 is 0 Å². The third kappa shape index (κ3) is 5.43. The first-order valence-corrected chi connectivity index (χ1v) is 10.7. The van der Waals surface area contributed by atoms with Crippen LogP contribution in [0.5, 0.6) is 0 Å². The van der Waals surface area contributed by atoms with Crippen molar-refractivity contribution in [1.29, 1.82) is 0 Å². The molecule has 1 unspecified atom stereocenters. The van der Waals surface area contributed by atoms with Crippen molar-refractivity contribution in [2.24, 2.45) is 11.8 Å². The average molecular weight is 348 g/mol. The van der Waals surface area contributed by atoms with E-state index in [0.29, 0.717) is 11.8 Å². The van der Waals surface area contributed by atoms with Gasteiger partial charge in [-0.2, -0.15) is 0 Å². The van der Waals surface area contributed by atoms with Crippen molar-refractivity contribution in [3.05, 3.63) is 85.0 Å². The minimum absolute atomic E-state index is 0.287. The van der Waals surface area contributed by atoms with Crippen LogP contribution < -0.4 is 10.6 Å². The van der Waals surface area contributed by atoms with Crippen LogP contribution in [0.3, 0.4) is 0 Å². The van der Waals surface area contributed by atoms with E-state index in [2.05, 4.69) is 85.0 Å². The van der Waals surface area contributed by atoms with Gasteiger partial charge in [0.25, 0.3) is 0 Å². The summed E-state index contributed by atoms with van der Waals surface area (Å²) in [5.41, 5.74) is 0. The SMILES string of the molecule is OCC(CBCC1C=CC=C1)CP(c1ccccc1)c1ccccc1. The number of hydrogen-bond donors (Lipinski definition) is 1. The van der Waals surface area contributed by atoms with E-state index in [4.69, 9.17) is 0 Å². The molecule has 0 aliphatic heterocycles. The molecule has 0 amide bonds. The van der Waals surface area contributed by atoms with Gasteiger partial charge in [0.2, 0.25) is 0 Å². The summed E-state index contributed by atoms with van der Waals surface area (Å²) in [5, 5.41) is 12.8. The van der Waals surface area contributed by atoms with Gasteiger partial charge in [0.1, 0.15) is 7.28 Å². The summed E-state index contributed by atoms with van der Waals surface area (Å²) in [4.78, 5) is 0. The van der Waals surface area contributed by atoms with Crippen LogP contribution in [0, 0.1) is 11.8 Å². The Morgan fingerprint density at radius 3 is 1.96 bits per heavy atom. The van der Waals surface area contributed by atoms with Crippen LogP contribution >= 0.6 is 7.92 Å². The molecule has 3 heteroatoms. The fourth-order valence-corrected chi connectivity index (χ4v) is 5.99. The smallest absolute Gasteiger partial charge is 0.122 e. The molecule has 25 heavy (non-hydrogen) atoms. The molecule has 128 valence electrons. The fraction of sp³-hybridized carbons (Fsp3) is 0.273. The molecule has 0 fully saturated rings. The molecule has 1 atom stereocenters. The van der Waals surface area contributed by atoms with E-state index in [0.717, 1.165) is 12.5 Å². The van der Waals surface area contributed by atoms with Gasteiger partial charge >= 0.3 is 0 Å². The van der Waals surface area contributed by atoms with Crippen LogP contribution in [0.25, 0.3) is 0 Å². The number of rotatable bonds is 9. The minimum atomic E-state index is -0.411. The van der Waals surface area contributed by atoms with Gasteiger partial charge in [-0.1, -0.05) is 97.6 Å². The van der Waals surface area contributed by atoms with Crippen LogP contribution in [0.15, 0.2) is 85.0 Å². The molecule has 0 heterocycles. The number of aliphatic hydroxyl groups is 1. The molecule has 0 saturated carbocycles. The lowest BCUT2D eigenvalue weighted by molar-refractivity contribution is 0.250. The van der Waals surface area contributed by atoms with E-state index in [9.17, 15) is 5.11 Å². The number of allylic oxidation sites excluding steroid dienone is 4. The second-order valence-electron chi connectivity index (χ2n) is 6.69. The minimum Gasteiger partial charge on any atom is -0.396 e. The van der Waals surface area contributed by atoms with Crippen LogP contribution in [0.2, 0.25) is 12.6 Å². The van der Waals surface area contributed by atoms with Crippen LogP contribution in [-0.4, -0.2) is 25.2 Å². The quantitative estimate of drug-likeness (QED) is 0.541. The highest BCUT2D eigenvalue weighted by Gasteiger charge is 2.19. The molecule has 1 aliphatic carbocycles. The van der Waals surface area contributed by atoms with Gasteiger partial charge in [0.15, 0.2) is 0 Å². The highest BCUT2D eigenvalue weighted by molar-refractivity contribution is 7.73. The van der Waals surface area contributed by atoms with Gasteiger partial charge in [0, 0.05) is 6.61 Å². The maximum absolute atomic E-state index is 9.94. The predicted octanol–water partition coefficient (Wildman–Crippen LogP) is 3.74. The first kappa shape index (κ1) is 18.2. The summed E-state index contributed by atoms with van der Waals surface area (Å²) >= 11 is 0. The Labute approximate surface area is 153 Å². The molecule has 1 N–H and O–H groups in total. The molecule has 0 aromatic heterocycles. The van der Waals surface area contributed by atoms with Crippen molar-refractivity contribution >= 4 is 25.8 Å². The van der Waals surface area contributed by atoms with Gasteiger partial charge in [0.05, 0.1) is 0 Å². The zero-order valence-corrected chi connectivity index (χ0v) is 15.6. The predicted molar refractivity (Wildman–Crippen MR) is 113 cm³/mol. The van der Waals surface area contributed by atoms with Gasteiger partial charge in [-0.3, -0.25) is 0 Å². The van der Waals surface area contributed by atoms with Gasteiger partial charge < -0.3 is 5.11 Å².